The minimum absolute atomic E-state index is 0.241. The number of nitrogens with two attached hydrogens (primary N) is 1. The van der Waals surface area contributed by atoms with Gasteiger partial charge in [0.2, 0.25) is 0 Å². The number of pyridine rings is 1. The van der Waals surface area contributed by atoms with Crippen LogP contribution >= 0.6 is 0 Å². The summed E-state index contributed by atoms with van der Waals surface area (Å²) < 4.78 is 13.3. The highest BCUT2D eigenvalue weighted by molar-refractivity contribution is 5.64. The number of halogens is 1. The summed E-state index contributed by atoms with van der Waals surface area (Å²) in [6.45, 7) is 3.61. The first-order valence-electron chi connectivity index (χ1n) is 5.32. The van der Waals surface area contributed by atoms with Crippen LogP contribution in [0.4, 0.5) is 21.6 Å². The van der Waals surface area contributed by atoms with Crippen molar-refractivity contribution in [2.75, 3.05) is 11.1 Å². The van der Waals surface area contributed by atoms with Gasteiger partial charge in [-0.15, -0.1) is 0 Å². The number of aromatic nitrogens is 1. The van der Waals surface area contributed by atoms with Crippen LogP contribution in [0.1, 0.15) is 11.1 Å². The molecule has 0 radical (unpaired) electrons. The van der Waals surface area contributed by atoms with E-state index in [-0.39, 0.29) is 5.82 Å². The average Bonchev–Trinajstić information content (AvgIpc) is 2.30. The van der Waals surface area contributed by atoms with Gasteiger partial charge in [-0.1, -0.05) is 6.07 Å². The lowest BCUT2D eigenvalue weighted by Crippen LogP contribution is -1.99. The van der Waals surface area contributed by atoms with Gasteiger partial charge in [0, 0.05) is 29.2 Å². The van der Waals surface area contributed by atoms with Gasteiger partial charge in [-0.3, -0.25) is 0 Å². The van der Waals surface area contributed by atoms with Crippen LogP contribution in [-0.4, -0.2) is 4.98 Å². The first-order valence-corrected chi connectivity index (χ1v) is 5.32. The quantitative estimate of drug-likeness (QED) is 0.834. The highest BCUT2D eigenvalue weighted by atomic mass is 19.1. The fourth-order valence-electron chi connectivity index (χ4n) is 1.49. The van der Waals surface area contributed by atoms with Crippen LogP contribution in [0.5, 0.6) is 0 Å². The van der Waals surface area contributed by atoms with Crippen LogP contribution in [0.15, 0.2) is 30.5 Å². The third kappa shape index (κ3) is 2.36. The van der Waals surface area contributed by atoms with E-state index in [1.807, 2.05) is 6.92 Å². The second-order valence-electron chi connectivity index (χ2n) is 3.96. The predicted octanol–water partition coefficient (Wildman–Crippen LogP) is 3.16. The summed E-state index contributed by atoms with van der Waals surface area (Å²) >= 11 is 0. The van der Waals surface area contributed by atoms with Crippen LogP contribution in [0, 0.1) is 19.7 Å². The summed E-state index contributed by atoms with van der Waals surface area (Å²) in [5, 5.41) is 3.05. The Balaban J connectivity index is 2.31. The molecule has 1 heterocycles. The molecule has 2 aromatic rings. The van der Waals surface area contributed by atoms with Gasteiger partial charge in [-0.05, 0) is 31.5 Å². The zero-order valence-corrected chi connectivity index (χ0v) is 9.79. The van der Waals surface area contributed by atoms with Gasteiger partial charge in [-0.25, -0.2) is 9.37 Å². The third-order valence-corrected chi connectivity index (χ3v) is 2.68. The Bertz CT molecular complexity index is 552. The molecule has 0 fully saturated rings. The van der Waals surface area contributed by atoms with Gasteiger partial charge in [0.05, 0.1) is 0 Å². The van der Waals surface area contributed by atoms with Crippen LogP contribution < -0.4 is 11.1 Å². The summed E-state index contributed by atoms with van der Waals surface area (Å²) in [6, 6.07) is 6.62. The molecular weight excluding hydrogens is 217 g/mol. The zero-order chi connectivity index (χ0) is 12.4. The highest BCUT2D eigenvalue weighted by Gasteiger charge is 2.04. The van der Waals surface area contributed by atoms with Gasteiger partial charge in [0.25, 0.3) is 0 Å². The molecule has 0 aliphatic carbocycles. The number of hydrogen-bond acceptors (Lipinski definition) is 3. The Morgan fingerprint density at radius 1 is 1.29 bits per heavy atom. The van der Waals surface area contributed by atoms with Crippen LogP contribution in [0.3, 0.4) is 0 Å². The first-order chi connectivity index (χ1) is 8.08. The van der Waals surface area contributed by atoms with E-state index < -0.39 is 0 Å². The molecular formula is C13H14FN3. The van der Waals surface area contributed by atoms with E-state index in [9.17, 15) is 4.39 Å². The molecule has 0 spiro atoms. The lowest BCUT2D eigenvalue weighted by Gasteiger charge is -2.10. The molecule has 0 saturated carbocycles. The minimum atomic E-state index is -0.241. The number of anilines is 3. The summed E-state index contributed by atoms with van der Waals surface area (Å²) in [5.74, 6) is 0.372. The van der Waals surface area contributed by atoms with E-state index in [1.165, 1.54) is 6.07 Å². The van der Waals surface area contributed by atoms with Crippen molar-refractivity contribution >= 4 is 17.2 Å². The maximum Gasteiger partial charge on any atom is 0.132 e. The molecule has 4 heteroatoms. The third-order valence-electron chi connectivity index (χ3n) is 2.68. The fourth-order valence-corrected chi connectivity index (χ4v) is 1.49. The van der Waals surface area contributed by atoms with Crippen molar-refractivity contribution in [2.45, 2.75) is 13.8 Å². The Morgan fingerprint density at radius 2 is 2.06 bits per heavy atom. The fraction of sp³-hybridized carbons (Fsp3) is 0.154. The van der Waals surface area contributed by atoms with E-state index in [0.29, 0.717) is 22.8 Å². The Hall–Kier alpha value is -2.10. The largest absolute Gasteiger partial charge is 0.398 e. The van der Waals surface area contributed by atoms with Gasteiger partial charge >= 0.3 is 0 Å². The summed E-state index contributed by atoms with van der Waals surface area (Å²) in [4.78, 5) is 4.19. The Morgan fingerprint density at radius 3 is 2.76 bits per heavy atom. The van der Waals surface area contributed by atoms with Crippen LogP contribution in [-0.2, 0) is 0 Å². The predicted molar refractivity (Wildman–Crippen MR) is 67.8 cm³/mol. The maximum absolute atomic E-state index is 13.3. The van der Waals surface area contributed by atoms with Crippen molar-refractivity contribution < 1.29 is 4.39 Å². The van der Waals surface area contributed by atoms with E-state index >= 15 is 0 Å². The molecule has 3 N–H and O–H groups in total. The molecule has 0 aliphatic heterocycles. The van der Waals surface area contributed by atoms with Crippen molar-refractivity contribution in [1.82, 2.24) is 4.98 Å². The van der Waals surface area contributed by atoms with Crippen molar-refractivity contribution in [2.24, 2.45) is 0 Å². The Kier molecular flexibility index (Phi) is 2.95. The molecule has 3 nitrogen and oxygen atoms in total. The van der Waals surface area contributed by atoms with E-state index in [0.717, 1.165) is 5.56 Å². The van der Waals surface area contributed by atoms with Crippen LogP contribution in [0.2, 0.25) is 0 Å². The summed E-state index contributed by atoms with van der Waals surface area (Å²) in [7, 11) is 0. The zero-order valence-electron chi connectivity index (χ0n) is 9.79. The van der Waals surface area contributed by atoms with Crippen LogP contribution in [0.25, 0.3) is 0 Å². The summed E-state index contributed by atoms with van der Waals surface area (Å²) in [5.41, 5.74) is 8.63. The normalized spacial score (nSPS) is 10.3. The van der Waals surface area contributed by atoms with Gasteiger partial charge in [-0.2, -0.15) is 0 Å². The number of nitrogen functional groups attached to an aromatic ring is 1. The number of hydrogen-bond donors (Lipinski definition) is 2. The second kappa shape index (κ2) is 4.41. The average molecular weight is 231 g/mol. The molecule has 1 aromatic heterocycles. The van der Waals surface area contributed by atoms with E-state index in [2.05, 4.69) is 10.3 Å². The standard InChI is InChI=1S/C13H14FN3/c1-8-7-16-13(6-11(8)15)17-12-5-3-4-10(14)9(12)2/h3-7H,1-2H3,(H3,15,16,17). The molecule has 0 unspecified atom stereocenters. The molecule has 0 amide bonds. The lowest BCUT2D eigenvalue weighted by molar-refractivity contribution is 0.619. The second-order valence-corrected chi connectivity index (χ2v) is 3.96. The topological polar surface area (TPSA) is 50.9 Å². The van der Waals surface area contributed by atoms with Crippen molar-refractivity contribution in [3.63, 3.8) is 0 Å². The highest BCUT2D eigenvalue weighted by Crippen LogP contribution is 2.22. The van der Waals surface area contributed by atoms with Gasteiger partial charge in [0.1, 0.15) is 11.6 Å². The van der Waals surface area contributed by atoms with Gasteiger partial charge < -0.3 is 11.1 Å². The van der Waals surface area contributed by atoms with Crippen molar-refractivity contribution in [1.29, 1.82) is 0 Å². The number of benzene rings is 1. The monoisotopic (exact) mass is 231 g/mol. The van der Waals surface area contributed by atoms with Crippen molar-refractivity contribution in [3.8, 4) is 0 Å². The molecule has 88 valence electrons. The lowest BCUT2D eigenvalue weighted by atomic mass is 10.2. The molecule has 1 aromatic carbocycles. The number of rotatable bonds is 2. The number of nitrogens with zero attached hydrogens (tertiary/aromatic N) is 1. The molecule has 2 rings (SSSR count). The number of nitrogens with one attached hydrogen (secondary N) is 1. The maximum atomic E-state index is 13.3. The SMILES string of the molecule is Cc1cnc(Nc2cccc(F)c2C)cc1N. The molecule has 0 bridgehead atoms. The van der Waals surface area contributed by atoms with E-state index in [1.54, 1.807) is 31.3 Å². The first kappa shape index (κ1) is 11.4. The van der Waals surface area contributed by atoms with Gasteiger partial charge in [0.15, 0.2) is 0 Å². The number of aryl methyl sites for hydroxylation is 1. The molecule has 0 saturated heterocycles. The minimum Gasteiger partial charge on any atom is -0.398 e. The smallest absolute Gasteiger partial charge is 0.132 e. The summed E-state index contributed by atoms with van der Waals surface area (Å²) in [6.07, 6.45) is 1.69. The van der Waals surface area contributed by atoms with E-state index in [4.69, 9.17) is 5.73 Å². The van der Waals surface area contributed by atoms with Crippen molar-refractivity contribution in [3.05, 3.63) is 47.4 Å². The molecule has 0 atom stereocenters. The molecule has 17 heavy (non-hydrogen) atoms. The molecule has 0 aliphatic rings. The Labute approximate surface area is 99.5 Å².